The quantitative estimate of drug-likeness (QED) is 0.479. The third-order valence-electron chi connectivity index (χ3n) is 1.54. The highest BCUT2D eigenvalue weighted by atomic mass is 16.1. The summed E-state index contributed by atoms with van der Waals surface area (Å²) in [7, 11) is 0. The van der Waals surface area contributed by atoms with Crippen molar-refractivity contribution in [3.8, 4) is 0 Å². The summed E-state index contributed by atoms with van der Waals surface area (Å²) in [5.41, 5.74) is 0. The minimum absolute atomic E-state index is 0.159. The zero-order chi connectivity index (χ0) is 8.81. The number of aryl methyl sites for hydroxylation is 1. The number of rotatable bonds is 5. The van der Waals surface area contributed by atoms with E-state index in [0.29, 0.717) is 6.29 Å². The fraction of sp³-hybridized carbons (Fsp3) is 0.714. The molecular weight excluding hydrogens is 156 g/mol. The maximum Gasteiger partial charge on any atom is 0.237 e. The molecule has 5 heteroatoms. The average molecular weight is 168 g/mol. The predicted molar refractivity (Wildman–Crippen MR) is 42.7 cm³/mol. The minimum atomic E-state index is 0.159. The zero-order valence-corrected chi connectivity index (χ0v) is 7.10. The molecule has 0 saturated heterocycles. The Morgan fingerprint density at radius 3 is 2.92 bits per heavy atom. The fourth-order valence-corrected chi connectivity index (χ4v) is 0.901. The molecule has 0 aliphatic rings. The van der Waals surface area contributed by atoms with Gasteiger partial charge >= 0.3 is 0 Å². The van der Waals surface area contributed by atoms with Crippen LogP contribution in [0.4, 0.5) is 0 Å². The Morgan fingerprint density at radius 2 is 2.33 bits per heavy atom. The van der Waals surface area contributed by atoms with Gasteiger partial charge in [0.15, 0.2) is 6.29 Å². The van der Waals surface area contributed by atoms with Crippen molar-refractivity contribution in [3.05, 3.63) is 5.82 Å². The maximum atomic E-state index is 10.2. The molecule has 12 heavy (non-hydrogen) atoms. The van der Waals surface area contributed by atoms with Crippen LogP contribution in [-0.4, -0.2) is 26.5 Å². The highest BCUT2D eigenvalue weighted by Crippen LogP contribution is 1.95. The Morgan fingerprint density at radius 1 is 1.50 bits per heavy atom. The van der Waals surface area contributed by atoms with Crippen LogP contribution in [0.25, 0.3) is 0 Å². The van der Waals surface area contributed by atoms with Crippen molar-refractivity contribution in [2.24, 2.45) is 0 Å². The van der Waals surface area contributed by atoms with Crippen LogP contribution in [0.15, 0.2) is 0 Å². The van der Waals surface area contributed by atoms with Gasteiger partial charge < -0.3 is 0 Å². The van der Waals surface area contributed by atoms with Gasteiger partial charge in [0.05, 0.1) is 6.54 Å². The number of carbonyl (C=O) groups excluding carboxylic acids is 1. The molecule has 0 saturated carbocycles. The molecule has 0 atom stereocenters. The predicted octanol–water partition coefficient (Wildman–Crippen LogP) is 0.676. The normalized spacial score (nSPS) is 10.1. The minimum Gasteiger partial charge on any atom is -0.294 e. The molecule has 1 rings (SSSR count). The number of aromatic nitrogens is 4. The molecule has 0 spiro atoms. The van der Waals surface area contributed by atoms with E-state index in [1.807, 2.05) is 0 Å². The highest BCUT2D eigenvalue weighted by molar-refractivity contribution is 5.67. The first kappa shape index (κ1) is 8.83. The summed E-state index contributed by atoms with van der Waals surface area (Å²) in [6.45, 7) is 2.88. The Labute approximate surface area is 70.8 Å². The van der Waals surface area contributed by atoms with Gasteiger partial charge in [0.2, 0.25) is 5.82 Å². The van der Waals surface area contributed by atoms with E-state index in [4.69, 9.17) is 0 Å². The lowest BCUT2D eigenvalue weighted by atomic mass is 10.2. The number of hydrogen-bond acceptors (Lipinski definition) is 4. The summed E-state index contributed by atoms with van der Waals surface area (Å²) in [6, 6.07) is 0. The third kappa shape index (κ3) is 2.41. The molecule has 0 unspecified atom stereocenters. The van der Waals surface area contributed by atoms with E-state index < -0.39 is 0 Å². The van der Waals surface area contributed by atoms with Crippen molar-refractivity contribution in [2.45, 2.75) is 32.7 Å². The molecule has 0 aliphatic heterocycles. The second kappa shape index (κ2) is 4.58. The molecule has 0 aliphatic carbocycles. The molecule has 0 bridgehead atoms. The summed E-state index contributed by atoms with van der Waals surface area (Å²) < 4.78 is 0. The molecule has 0 aromatic carbocycles. The number of tetrazole rings is 1. The van der Waals surface area contributed by atoms with Crippen molar-refractivity contribution in [1.29, 1.82) is 0 Å². The monoisotopic (exact) mass is 168 g/mol. The number of unbranched alkanes of at least 4 members (excludes halogenated alkanes) is 2. The Bertz CT molecular complexity index is 245. The van der Waals surface area contributed by atoms with Gasteiger partial charge in [-0.1, -0.05) is 19.8 Å². The lowest BCUT2D eigenvalue weighted by Crippen LogP contribution is -2.02. The highest BCUT2D eigenvalue weighted by Gasteiger charge is 1.98. The molecule has 1 heterocycles. The number of aldehydes is 1. The first-order chi connectivity index (χ1) is 5.86. The molecule has 0 radical (unpaired) electrons. The van der Waals surface area contributed by atoms with Gasteiger partial charge in [-0.25, -0.2) is 0 Å². The topological polar surface area (TPSA) is 60.7 Å². The van der Waals surface area contributed by atoms with E-state index in [0.717, 1.165) is 25.8 Å². The maximum absolute atomic E-state index is 10.2. The van der Waals surface area contributed by atoms with Crippen LogP contribution < -0.4 is 0 Å². The van der Waals surface area contributed by atoms with Gasteiger partial charge in [-0.3, -0.25) is 4.79 Å². The van der Waals surface area contributed by atoms with E-state index in [9.17, 15) is 4.79 Å². The molecule has 1 aromatic rings. The van der Waals surface area contributed by atoms with Crippen LogP contribution in [0.1, 0.15) is 36.8 Å². The number of hydrogen-bond donors (Lipinski definition) is 0. The number of nitrogens with zero attached hydrogens (tertiary/aromatic N) is 4. The van der Waals surface area contributed by atoms with Crippen LogP contribution in [0.2, 0.25) is 0 Å². The van der Waals surface area contributed by atoms with Crippen molar-refractivity contribution in [1.82, 2.24) is 20.2 Å². The molecule has 0 amide bonds. The first-order valence-electron chi connectivity index (χ1n) is 4.09. The summed E-state index contributed by atoms with van der Waals surface area (Å²) in [5, 5.41) is 11.1. The largest absolute Gasteiger partial charge is 0.294 e. The van der Waals surface area contributed by atoms with E-state index in [2.05, 4.69) is 22.3 Å². The summed E-state index contributed by atoms with van der Waals surface area (Å²) in [6.07, 6.45) is 3.95. The average Bonchev–Trinajstić information content (AvgIpc) is 2.53. The van der Waals surface area contributed by atoms with Crippen LogP contribution in [0, 0.1) is 0 Å². The van der Waals surface area contributed by atoms with Crippen LogP contribution in [-0.2, 0) is 6.54 Å². The van der Waals surface area contributed by atoms with Crippen LogP contribution in [0.3, 0.4) is 0 Å². The van der Waals surface area contributed by atoms with Gasteiger partial charge in [0, 0.05) is 0 Å². The molecule has 0 fully saturated rings. The van der Waals surface area contributed by atoms with E-state index in [1.54, 1.807) is 0 Å². The second-order valence-electron chi connectivity index (χ2n) is 2.57. The lowest BCUT2D eigenvalue weighted by molar-refractivity contribution is 0.111. The third-order valence-corrected chi connectivity index (χ3v) is 1.54. The molecule has 66 valence electrons. The van der Waals surface area contributed by atoms with Crippen molar-refractivity contribution < 1.29 is 4.79 Å². The summed E-state index contributed by atoms with van der Waals surface area (Å²) >= 11 is 0. The van der Waals surface area contributed by atoms with E-state index >= 15 is 0 Å². The SMILES string of the molecule is CCCCCn1nnc(C=O)n1. The molecular formula is C7H12N4O. The van der Waals surface area contributed by atoms with Gasteiger partial charge in [-0.05, 0) is 11.6 Å². The zero-order valence-electron chi connectivity index (χ0n) is 7.10. The fourth-order valence-electron chi connectivity index (χ4n) is 0.901. The Kier molecular flexibility index (Phi) is 3.37. The first-order valence-corrected chi connectivity index (χ1v) is 4.09. The summed E-state index contributed by atoms with van der Waals surface area (Å²) in [5.74, 6) is 0.159. The lowest BCUT2D eigenvalue weighted by Gasteiger charge is -1.95. The van der Waals surface area contributed by atoms with Gasteiger partial charge in [-0.2, -0.15) is 4.80 Å². The van der Waals surface area contributed by atoms with Gasteiger partial charge in [0.1, 0.15) is 0 Å². The molecule has 1 aromatic heterocycles. The molecule has 0 N–H and O–H groups in total. The number of carbonyl (C=O) groups is 1. The van der Waals surface area contributed by atoms with Crippen molar-refractivity contribution >= 4 is 6.29 Å². The second-order valence-corrected chi connectivity index (χ2v) is 2.57. The Balaban J connectivity index is 2.36. The van der Waals surface area contributed by atoms with Crippen molar-refractivity contribution in [2.75, 3.05) is 0 Å². The standard InChI is InChI=1S/C7H12N4O/c1-2-3-4-5-11-9-7(6-12)8-10-11/h6H,2-5H2,1H3. The smallest absolute Gasteiger partial charge is 0.237 e. The van der Waals surface area contributed by atoms with Gasteiger partial charge in [0.25, 0.3) is 0 Å². The Hall–Kier alpha value is -1.26. The summed E-state index contributed by atoms with van der Waals surface area (Å²) in [4.78, 5) is 11.6. The van der Waals surface area contributed by atoms with Gasteiger partial charge in [-0.15, -0.1) is 10.2 Å². The van der Waals surface area contributed by atoms with Crippen molar-refractivity contribution in [3.63, 3.8) is 0 Å². The van der Waals surface area contributed by atoms with Crippen LogP contribution >= 0.6 is 0 Å². The molecule has 5 nitrogen and oxygen atoms in total. The van der Waals surface area contributed by atoms with E-state index in [1.165, 1.54) is 4.80 Å². The van der Waals surface area contributed by atoms with Crippen LogP contribution in [0.5, 0.6) is 0 Å². The van der Waals surface area contributed by atoms with E-state index in [-0.39, 0.29) is 5.82 Å².